The molecule has 1 unspecified atom stereocenters. The zero-order chi connectivity index (χ0) is 14.7. The molecular weight excluding hydrogens is 292 g/mol. The number of rotatable bonds is 3. The summed E-state index contributed by atoms with van der Waals surface area (Å²) in [5, 5.41) is 3.24. The summed E-state index contributed by atoms with van der Waals surface area (Å²) in [6.45, 7) is 0.724. The van der Waals surface area contributed by atoms with E-state index in [2.05, 4.69) is 10.3 Å². The van der Waals surface area contributed by atoms with Gasteiger partial charge in [-0.3, -0.25) is 9.78 Å². The van der Waals surface area contributed by atoms with Gasteiger partial charge in [0.25, 0.3) is 5.91 Å². The van der Waals surface area contributed by atoms with E-state index in [-0.39, 0.29) is 17.7 Å². The van der Waals surface area contributed by atoms with E-state index >= 15 is 0 Å². The zero-order valence-electron chi connectivity index (χ0n) is 11.1. The van der Waals surface area contributed by atoms with Gasteiger partial charge in [-0.15, -0.1) is 0 Å². The van der Waals surface area contributed by atoms with Gasteiger partial charge in [0, 0.05) is 11.2 Å². The number of para-hydroxylation sites is 2. The Morgan fingerprint density at radius 3 is 2.95 bits per heavy atom. The van der Waals surface area contributed by atoms with E-state index in [4.69, 9.17) is 21.1 Å². The predicted octanol–water partition coefficient (Wildman–Crippen LogP) is 2.30. The van der Waals surface area contributed by atoms with Gasteiger partial charge in [0.1, 0.15) is 18.4 Å². The van der Waals surface area contributed by atoms with Crippen molar-refractivity contribution in [3.05, 3.63) is 53.3 Å². The lowest BCUT2D eigenvalue weighted by Gasteiger charge is -2.26. The van der Waals surface area contributed by atoms with E-state index in [1.807, 2.05) is 24.3 Å². The molecule has 2 heterocycles. The van der Waals surface area contributed by atoms with Crippen molar-refractivity contribution < 1.29 is 14.3 Å². The minimum Gasteiger partial charge on any atom is -0.486 e. The molecule has 2 aromatic rings. The van der Waals surface area contributed by atoms with Crippen LogP contribution in [0.5, 0.6) is 11.5 Å². The van der Waals surface area contributed by atoms with E-state index in [9.17, 15) is 4.79 Å². The van der Waals surface area contributed by atoms with Crippen LogP contribution in [0.1, 0.15) is 10.5 Å². The van der Waals surface area contributed by atoms with Crippen LogP contribution in [0.15, 0.2) is 42.6 Å². The summed E-state index contributed by atoms with van der Waals surface area (Å²) in [4.78, 5) is 15.9. The van der Waals surface area contributed by atoms with E-state index < -0.39 is 0 Å². The fourth-order valence-electron chi connectivity index (χ4n) is 1.99. The van der Waals surface area contributed by atoms with Gasteiger partial charge < -0.3 is 14.8 Å². The summed E-state index contributed by atoms with van der Waals surface area (Å²) in [6, 6.07) is 10.6. The Morgan fingerprint density at radius 2 is 2.14 bits per heavy atom. The summed E-state index contributed by atoms with van der Waals surface area (Å²) in [5.41, 5.74) is 0.277. The minimum absolute atomic E-state index is 0.233. The first kappa shape index (κ1) is 13.7. The number of benzene rings is 1. The maximum absolute atomic E-state index is 12.0. The van der Waals surface area contributed by atoms with Gasteiger partial charge in [0.2, 0.25) is 0 Å². The molecule has 0 bridgehead atoms. The number of aromatic nitrogens is 1. The van der Waals surface area contributed by atoms with Gasteiger partial charge in [-0.2, -0.15) is 0 Å². The molecule has 0 saturated heterocycles. The molecule has 6 heteroatoms. The van der Waals surface area contributed by atoms with Crippen LogP contribution in [0.2, 0.25) is 5.02 Å². The van der Waals surface area contributed by atoms with E-state index in [0.29, 0.717) is 23.9 Å². The number of hydrogen-bond donors (Lipinski definition) is 1. The molecule has 3 rings (SSSR count). The third-order valence-corrected chi connectivity index (χ3v) is 3.25. The monoisotopic (exact) mass is 304 g/mol. The molecule has 0 radical (unpaired) electrons. The van der Waals surface area contributed by atoms with Gasteiger partial charge in [-0.25, -0.2) is 0 Å². The SMILES string of the molecule is O=C(NCC1COc2ccccc2O1)c1cc(Cl)ccn1. The average Bonchev–Trinajstić information content (AvgIpc) is 2.52. The Morgan fingerprint density at radius 1 is 1.33 bits per heavy atom. The second-order valence-corrected chi connectivity index (χ2v) is 5.00. The molecule has 0 saturated carbocycles. The molecule has 1 N–H and O–H groups in total. The normalized spacial score (nSPS) is 16.3. The average molecular weight is 305 g/mol. The highest BCUT2D eigenvalue weighted by atomic mass is 35.5. The largest absolute Gasteiger partial charge is 0.486 e. The molecule has 21 heavy (non-hydrogen) atoms. The van der Waals surface area contributed by atoms with Gasteiger partial charge in [-0.1, -0.05) is 23.7 Å². The van der Waals surface area contributed by atoms with E-state index in [1.54, 1.807) is 6.07 Å². The first-order valence-electron chi connectivity index (χ1n) is 6.50. The number of hydrogen-bond acceptors (Lipinski definition) is 4. The molecule has 108 valence electrons. The van der Waals surface area contributed by atoms with Crippen molar-refractivity contribution in [1.29, 1.82) is 0 Å². The fraction of sp³-hybridized carbons (Fsp3) is 0.200. The Balaban J connectivity index is 1.58. The molecule has 1 aromatic carbocycles. The van der Waals surface area contributed by atoms with E-state index in [0.717, 1.165) is 5.75 Å². The van der Waals surface area contributed by atoms with Crippen LogP contribution >= 0.6 is 11.6 Å². The predicted molar refractivity (Wildman–Crippen MR) is 77.9 cm³/mol. The van der Waals surface area contributed by atoms with Gasteiger partial charge in [0.15, 0.2) is 11.5 Å². The number of ether oxygens (including phenoxy) is 2. The van der Waals surface area contributed by atoms with Crippen LogP contribution < -0.4 is 14.8 Å². The summed E-state index contributed by atoms with van der Waals surface area (Å²) in [6.07, 6.45) is 1.26. The first-order chi connectivity index (χ1) is 10.2. The Labute approximate surface area is 126 Å². The summed E-state index contributed by atoms with van der Waals surface area (Å²) in [5.74, 6) is 1.11. The number of carbonyl (C=O) groups excluding carboxylic acids is 1. The van der Waals surface area contributed by atoms with Crippen LogP contribution in [0, 0.1) is 0 Å². The van der Waals surface area contributed by atoms with Crippen molar-refractivity contribution in [2.45, 2.75) is 6.10 Å². The van der Waals surface area contributed by atoms with E-state index in [1.165, 1.54) is 12.3 Å². The van der Waals surface area contributed by atoms with Crippen LogP contribution in [-0.2, 0) is 0 Å². The molecule has 0 aliphatic carbocycles. The zero-order valence-corrected chi connectivity index (χ0v) is 11.8. The number of nitrogens with one attached hydrogen (secondary N) is 1. The molecule has 5 nitrogen and oxygen atoms in total. The van der Waals surface area contributed by atoms with Gasteiger partial charge >= 0.3 is 0 Å². The second-order valence-electron chi connectivity index (χ2n) is 4.57. The highest BCUT2D eigenvalue weighted by Crippen LogP contribution is 2.30. The second kappa shape index (κ2) is 6.01. The maximum Gasteiger partial charge on any atom is 0.270 e. The van der Waals surface area contributed by atoms with Crippen molar-refractivity contribution in [2.75, 3.05) is 13.2 Å². The van der Waals surface area contributed by atoms with Crippen molar-refractivity contribution in [3.8, 4) is 11.5 Å². The molecule has 0 fully saturated rings. The molecule has 1 aliphatic heterocycles. The Hall–Kier alpha value is -2.27. The number of nitrogens with zero attached hydrogens (tertiary/aromatic N) is 1. The maximum atomic E-state index is 12.0. The van der Waals surface area contributed by atoms with Gasteiger partial charge in [0.05, 0.1) is 6.54 Å². The Kier molecular flexibility index (Phi) is 3.92. The first-order valence-corrected chi connectivity index (χ1v) is 6.88. The van der Waals surface area contributed by atoms with Crippen molar-refractivity contribution >= 4 is 17.5 Å². The molecule has 0 spiro atoms. The number of halogens is 1. The topological polar surface area (TPSA) is 60.5 Å². The van der Waals surface area contributed by atoms with Crippen LogP contribution in [0.4, 0.5) is 0 Å². The highest BCUT2D eigenvalue weighted by molar-refractivity contribution is 6.30. The van der Waals surface area contributed by atoms with Crippen molar-refractivity contribution in [1.82, 2.24) is 10.3 Å². The van der Waals surface area contributed by atoms with Crippen LogP contribution in [-0.4, -0.2) is 30.1 Å². The van der Waals surface area contributed by atoms with Crippen molar-refractivity contribution in [2.24, 2.45) is 0 Å². The number of carbonyl (C=O) groups is 1. The molecule has 1 atom stereocenters. The summed E-state index contributed by atoms with van der Waals surface area (Å²) < 4.78 is 11.3. The van der Waals surface area contributed by atoms with Crippen LogP contribution in [0.3, 0.4) is 0 Å². The van der Waals surface area contributed by atoms with Gasteiger partial charge in [-0.05, 0) is 24.3 Å². The molecule has 1 aromatic heterocycles. The molecular formula is C15H13ClN2O3. The number of pyridine rings is 1. The quantitative estimate of drug-likeness (QED) is 0.945. The number of fused-ring (bicyclic) bond motifs is 1. The highest BCUT2D eigenvalue weighted by Gasteiger charge is 2.21. The minimum atomic E-state index is -0.292. The fourth-order valence-corrected chi connectivity index (χ4v) is 2.15. The lowest BCUT2D eigenvalue weighted by Crippen LogP contribution is -2.40. The standard InChI is InChI=1S/C15H13ClN2O3/c16-10-5-6-17-12(7-10)15(19)18-8-11-9-20-13-3-1-2-4-14(13)21-11/h1-7,11H,8-9H2,(H,18,19). The smallest absolute Gasteiger partial charge is 0.270 e. The third kappa shape index (κ3) is 3.25. The third-order valence-electron chi connectivity index (χ3n) is 3.01. The summed E-state index contributed by atoms with van der Waals surface area (Å²) in [7, 11) is 0. The molecule has 1 aliphatic rings. The lowest BCUT2D eigenvalue weighted by molar-refractivity contribution is 0.0786. The lowest BCUT2D eigenvalue weighted by atomic mass is 10.2. The summed E-state index contributed by atoms with van der Waals surface area (Å²) >= 11 is 5.83. The Bertz CT molecular complexity index is 663. The van der Waals surface area contributed by atoms with Crippen LogP contribution in [0.25, 0.3) is 0 Å². The van der Waals surface area contributed by atoms with Crippen molar-refractivity contribution in [3.63, 3.8) is 0 Å². The number of amides is 1. The molecule has 1 amide bonds.